The summed E-state index contributed by atoms with van der Waals surface area (Å²) in [7, 11) is 0. The van der Waals surface area contributed by atoms with Gasteiger partial charge in [0.15, 0.2) is 17.2 Å². The first kappa shape index (κ1) is 23.4. The zero-order valence-electron chi connectivity index (χ0n) is 17.5. The third-order valence-corrected chi connectivity index (χ3v) is 5.97. The maximum Gasteiger partial charge on any atom is 0.363 e. The largest absolute Gasteiger partial charge is 0.490 e. The van der Waals surface area contributed by atoms with Crippen LogP contribution < -0.4 is 9.47 Å². The van der Waals surface area contributed by atoms with Crippen molar-refractivity contribution in [2.24, 2.45) is 4.99 Å². The summed E-state index contributed by atoms with van der Waals surface area (Å²) in [6.45, 7) is 2.59. The topological polar surface area (TPSA) is 57.1 Å². The van der Waals surface area contributed by atoms with Gasteiger partial charge in [-0.3, -0.25) is 0 Å². The fourth-order valence-electron chi connectivity index (χ4n) is 3.09. The normalized spacial score (nSPS) is 14.2. The van der Waals surface area contributed by atoms with Crippen LogP contribution >= 0.6 is 38.5 Å². The number of carbonyl (C=O) groups excluding carboxylic acids is 1. The number of benzene rings is 3. The first-order valence-corrected chi connectivity index (χ1v) is 11.9. The van der Waals surface area contributed by atoms with Gasteiger partial charge in [-0.1, -0.05) is 28.1 Å². The summed E-state index contributed by atoms with van der Waals surface area (Å²) < 4.78 is 32.0. The Balaban J connectivity index is 1.60. The summed E-state index contributed by atoms with van der Waals surface area (Å²) in [4.78, 5) is 16.7. The van der Waals surface area contributed by atoms with Crippen molar-refractivity contribution in [1.82, 2.24) is 0 Å². The fourth-order valence-corrected chi connectivity index (χ4v) is 4.14. The first-order valence-electron chi connectivity index (χ1n) is 10.0. The number of cyclic esters (lactones) is 1. The lowest BCUT2D eigenvalue weighted by Gasteiger charge is -2.15. The zero-order valence-corrected chi connectivity index (χ0v) is 21.2. The molecule has 0 atom stereocenters. The standard InChI is InChI=1S/C25H18BrFINO4/c1-2-31-22-13-16(11-20(28)23(22)32-14-15-3-9-19(27)10-4-15)12-21-25(30)33-24(29-21)17-5-7-18(26)8-6-17/h3-13H,2,14H2,1H3/b21-12-. The molecule has 4 rings (SSSR count). The molecule has 0 fully saturated rings. The van der Waals surface area contributed by atoms with Gasteiger partial charge in [0.25, 0.3) is 0 Å². The number of nitrogens with zero attached hydrogens (tertiary/aromatic N) is 1. The second kappa shape index (κ2) is 10.5. The zero-order chi connectivity index (χ0) is 23.4. The summed E-state index contributed by atoms with van der Waals surface area (Å²) in [5, 5.41) is 0. The maximum absolute atomic E-state index is 13.1. The molecule has 0 aromatic heterocycles. The van der Waals surface area contributed by atoms with Gasteiger partial charge in [-0.2, -0.15) is 0 Å². The summed E-state index contributed by atoms with van der Waals surface area (Å²) >= 11 is 5.54. The van der Waals surface area contributed by atoms with Crippen molar-refractivity contribution in [3.8, 4) is 11.5 Å². The van der Waals surface area contributed by atoms with E-state index in [1.807, 2.05) is 37.3 Å². The fraction of sp³-hybridized carbons (Fsp3) is 0.120. The van der Waals surface area contributed by atoms with Gasteiger partial charge < -0.3 is 14.2 Å². The van der Waals surface area contributed by atoms with E-state index in [0.717, 1.165) is 19.2 Å². The van der Waals surface area contributed by atoms with Crippen LogP contribution in [0.5, 0.6) is 11.5 Å². The molecule has 8 heteroatoms. The third kappa shape index (κ3) is 5.80. The molecular weight excluding hydrogens is 604 g/mol. The Morgan fingerprint density at radius 3 is 2.52 bits per heavy atom. The number of ether oxygens (including phenoxy) is 3. The Morgan fingerprint density at radius 1 is 1.09 bits per heavy atom. The Kier molecular flexibility index (Phi) is 7.44. The highest BCUT2D eigenvalue weighted by molar-refractivity contribution is 14.1. The monoisotopic (exact) mass is 621 g/mol. The van der Waals surface area contributed by atoms with Gasteiger partial charge in [0, 0.05) is 10.0 Å². The molecule has 1 aliphatic heterocycles. The number of rotatable bonds is 7. The SMILES string of the molecule is CCOc1cc(/C=C2\N=C(c3ccc(Br)cc3)OC2=O)cc(I)c1OCc1ccc(F)cc1. The van der Waals surface area contributed by atoms with Crippen molar-refractivity contribution in [3.05, 3.63) is 96.9 Å². The van der Waals surface area contributed by atoms with Crippen molar-refractivity contribution in [1.29, 1.82) is 0 Å². The van der Waals surface area contributed by atoms with E-state index in [9.17, 15) is 9.18 Å². The van der Waals surface area contributed by atoms with Gasteiger partial charge in [0.1, 0.15) is 12.4 Å². The maximum atomic E-state index is 13.1. The quantitative estimate of drug-likeness (QED) is 0.171. The lowest BCUT2D eigenvalue weighted by atomic mass is 10.1. The molecule has 0 spiro atoms. The second-order valence-corrected chi connectivity index (χ2v) is 9.10. The molecule has 0 N–H and O–H groups in total. The van der Waals surface area contributed by atoms with E-state index in [0.29, 0.717) is 23.7 Å². The van der Waals surface area contributed by atoms with E-state index in [1.165, 1.54) is 12.1 Å². The first-order chi connectivity index (χ1) is 15.9. The van der Waals surface area contributed by atoms with Crippen LogP contribution in [0.4, 0.5) is 4.39 Å². The minimum absolute atomic E-state index is 0.200. The number of hydrogen-bond donors (Lipinski definition) is 0. The van der Waals surface area contributed by atoms with Gasteiger partial charge in [-0.15, -0.1) is 0 Å². The highest BCUT2D eigenvalue weighted by Crippen LogP contribution is 2.36. The highest BCUT2D eigenvalue weighted by Gasteiger charge is 2.24. The lowest BCUT2D eigenvalue weighted by molar-refractivity contribution is -0.129. The minimum Gasteiger partial charge on any atom is -0.490 e. The minimum atomic E-state index is -0.516. The van der Waals surface area contributed by atoms with Crippen LogP contribution in [-0.4, -0.2) is 18.5 Å². The summed E-state index contributed by atoms with van der Waals surface area (Å²) in [6.07, 6.45) is 1.66. The molecule has 0 saturated heterocycles. The molecule has 0 unspecified atom stereocenters. The average molecular weight is 622 g/mol. The van der Waals surface area contributed by atoms with Crippen LogP contribution in [0, 0.1) is 9.39 Å². The molecule has 0 aliphatic carbocycles. The molecule has 5 nitrogen and oxygen atoms in total. The number of carbonyl (C=O) groups is 1. The number of hydrogen-bond acceptors (Lipinski definition) is 5. The molecular formula is C25H18BrFINO4. The van der Waals surface area contributed by atoms with Crippen molar-refractivity contribution in [2.45, 2.75) is 13.5 Å². The Bertz CT molecular complexity index is 1240. The van der Waals surface area contributed by atoms with E-state index in [1.54, 1.807) is 24.3 Å². The Morgan fingerprint density at radius 2 is 1.82 bits per heavy atom. The van der Waals surface area contributed by atoms with Gasteiger partial charge in [-0.25, -0.2) is 14.2 Å². The van der Waals surface area contributed by atoms with E-state index in [-0.39, 0.29) is 24.0 Å². The molecule has 0 bridgehead atoms. The lowest BCUT2D eigenvalue weighted by Crippen LogP contribution is -2.05. The molecule has 1 heterocycles. The van der Waals surface area contributed by atoms with Gasteiger partial charge >= 0.3 is 5.97 Å². The predicted molar refractivity (Wildman–Crippen MR) is 136 cm³/mol. The Labute approximate surface area is 212 Å². The number of aliphatic imine (C=N–C) groups is 1. The second-order valence-electron chi connectivity index (χ2n) is 7.02. The molecule has 0 amide bonds. The highest BCUT2D eigenvalue weighted by atomic mass is 127. The smallest absolute Gasteiger partial charge is 0.363 e. The van der Waals surface area contributed by atoms with Crippen LogP contribution in [0.15, 0.2) is 75.8 Å². The van der Waals surface area contributed by atoms with Gasteiger partial charge in [0.2, 0.25) is 5.90 Å². The summed E-state index contributed by atoms with van der Waals surface area (Å²) in [5.41, 5.74) is 2.48. The number of halogens is 3. The van der Waals surface area contributed by atoms with Crippen LogP contribution in [0.2, 0.25) is 0 Å². The van der Waals surface area contributed by atoms with Crippen molar-refractivity contribution in [2.75, 3.05) is 6.61 Å². The van der Waals surface area contributed by atoms with Gasteiger partial charge in [-0.05, 0) is 95.2 Å². The average Bonchev–Trinajstić information content (AvgIpc) is 3.15. The van der Waals surface area contributed by atoms with Crippen LogP contribution in [0.3, 0.4) is 0 Å². The molecule has 1 aliphatic rings. The molecule has 3 aromatic carbocycles. The van der Waals surface area contributed by atoms with Crippen molar-refractivity contribution >= 4 is 56.5 Å². The Hall–Kier alpha value is -2.72. The van der Waals surface area contributed by atoms with Gasteiger partial charge in [0.05, 0.1) is 10.2 Å². The van der Waals surface area contributed by atoms with Crippen molar-refractivity contribution < 1.29 is 23.4 Å². The van der Waals surface area contributed by atoms with Crippen molar-refractivity contribution in [3.63, 3.8) is 0 Å². The van der Waals surface area contributed by atoms with Crippen LogP contribution in [0.25, 0.3) is 6.08 Å². The number of esters is 1. The molecule has 168 valence electrons. The summed E-state index contributed by atoms with van der Waals surface area (Å²) in [6, 6.07) is 17.2. The summed E-state index contributed by atoms with van der Waals surface area (Å²) in [5.74, 6) is 0.575. The molecule has 3 aromatic rings. The predicted octanol–water partition coefficient (Wildman–Crippen LogP) is 6.52. The van der Waals surface area contributed by atoms with E-state index in [2.05, 4.69) is 43.5 Å². The molecule has 0 radical (unpaired) electrons. The van der Waals surface area contributed by atoms with Crippen LogP contribution in [0.1, 0.15) is 23.6 Å². The van der Waals surface area contributed by atoms with E-state index >= 15 is 0 Å². The molecule has 33 heavy (non-hydrogen) atoms. The van der Waals surface area contributed by atoms with E-state index < -0.39 is 5.97 Å². The van der Waals surface area contributed by atoms with E-state index in [4.69, 9.17) is 14.2 Å². The third-order valence-electron chi connectivity index (χ3n) is 4.64. The molecule has 0 saturated carbocycles. The van der Waals surface area contributed by atoms with Crippen LogP contribution in [-0.2, 0) is 16.1 Å².